The van der Waals surface area contributed by atoms with Gasteiger partial charge < -0.3 is 4.74 Å². The van der Waals surface area contributed by atoms with E-state index in [4.69, 9.17) is 4.74 Å². The molecule has 0 N–H and O–H groups in total. The van der Waals surface area contributed by atoms with Crippen molar-refractivity contribution in [1.29, 1.82) is 0 Å². The molecule has 0 aliphatic carbocycles. The maximum Gasteiger partial charge on any atom is 0.323 e. The van der Waals surface area contributed by atoms with Gasteiger partial charge in [-0.15, -0.1) is 0 Å². The van der Waals surface area contributed by atoms with Crippen molar-refractivity contribution in [3.63, 3.8) is 0 Å². The second-order valence-electron chi connectivity index (χ2n) is 4.60. The molecule has 1 aliphatic heterocycles. The molecule has 2 rings (SSSR count). The number of carbonyl (C=O) groups excluding carboxylic acids is 1. The smallest absolute Gasteiger partial charge is 0.323 e. The van der Waals surface area contributed by atoms with Crippen molar-refractivity contribution >= 4 is 5.97 Å². The number of hydrogen-bond acceptors (Lipinski definition) is 3. The molecule has 0 amide bonds. The molecule has 0 aromatic heterocycles. The monoisotopic (exact) mass is 233 g/mol. The molecule has 1 fully saturated rings. The third-order valence-electron chi connectivity index (χ3n) is 3.67. The Balaban J connectivity index is 2.13. The Morgan fingerprint density at radius 3 is 2.71 bits per heavy atom. The second kappa shape index (κ2) is 4.88. The fourth-order valence-corrected chi connectivity index (χ4v) is 2.49. The Labute approximate surface area is 102 Å². The van der Waals surface area contributed by atoms with Crippen LogP contribution < -0.4 is 0 Å². The molecular weight excluding hydrogens is 214 g/mol. The molecule has 1 saturated heterocycles. The Morgan fingerprint density at radius 1 is 1.47 bits per heavy atom. The zero-order valence-electron chi connectivity index (χ0n) is 10.6. The Hall–Kier alpha value is -1.35. The van der Waals surface area contributed by atoms with Gasteiger partial charge in [-0.25, -0.2) is 0 Å². The van der Waals surface area contributed by atoms with Crippen molar-refractivity contribution in [3.8, 4) is 0 Å². The number of nitrogens with zero attached hydrogens (tertiary/aromatic N) is 1. The lowest BCUT2D eigenvalue weighted by atomic mass is 9.94. The van der Waals surface area contributed by atoms with Crippen molar-refractivity contribution < 1.29 is 9.53 Å². The first-order valence-corrected chi connectivity index (χ1v) is 6.04. The number of methoxy groups -OCH3 is 1. The van der Waals surface area contributed by atoms with Gasteiger partial charge in [-0.2, -0.15) is 0 Å². The standard InChI is InChI=1S/C14H19NO2/c1-10-6-4-5-7-12(10)11(2)15-9-8-13(15)14(16)17-3/h4-7,11,13H,8-9H2,1-3H3. The van der Waals surface area contributed by atoms with Gasteiger partial charge in [-0.05, 0) is 31.4 Å². The van der Waals surface area contributed by atoms with E-state index in [1.807, 2.05) is 12.1 Å². The van der Waals surface area contributed by atoms with Gasteiger partial charge >= 0.3 is 5.97 Å². The predicted octanol–water partition coefficient (Wildman–Crippen LogP) is 2.30. The second-order valence-corrected chi connectivity index (χ2v) is 4.60. The summed E-state index contributed by atoms with van der Waals surface area (Å²) >= 11 is 0. The van der Waals surface area contributed by atoms with Gasteiger partial charge in [-0.1, -0.05) is 24.3 Å². The van der Waals surface area contributed by atoms with Gasteiger partial charge in [-0.3, -0.25) is 9.69 Å². The lowest BCUT2D eigenvalue weighted by Gasteiger charge is -2.43. The van der Waals surface area contributed by atoms with Crippen LogP contribution in [-0.2, 0) is 9.53 Å². The summed E-state index contributed by atoms with van der Waals surface area (Å²) in [4.78, 5) is 13.8. The highest BCUT2D eigenvalue weighted by atomic mass is 16.5. The van der Waals surface area contributed by atoms with Gasteiger partial charge in [0.1, 0.15) is 6.04 Å². The number of carbonyl (C=O) groups is 1. The summed E-state index contributed by atoms with van der Waals surface area (Å²) in [5.74, 6) is -0.114. The Bertz CT molecular complexity index is 416. The average molecular weight is 233 g/mol. The molecular formula is C14H19NO2. The quantitative estimate of drug-likeness (QED) is 0.750. The fraction of sp³-hybridized carbons (Fsp3) is 0.500. The first-order valence-electron chi connectivity index (χ1n) is 6.04. The molecule has 0 saturated carbocycles. The molecule has 1 aliphatic rings. The van der Waals surface area contributed by atoms with Gasteiger partial charge in [0.05, 0.1) is 7.11 Å². The minimum Gasteiger partial charge on any atom is -0.468 e. The van der Waals surface area contributed by atoms with E-state index < -0.39 is 0 Å². The highest BCUT2D eigenvalue weighted by Gasteiger charge is 2.38. The largest absolute Gasteiger partial charge is 0.468 e. The number of rotatable bonds is 3. The third-order valence-corrected chi connectivity index (χ3v) is 3.67. The lowest BCUT2D eigenvalue weighted by molar-refractivity contribution is -0.153. The topological polar surface area (TPSA) is 29.5 Å². The van der Waals surface area contributed by atoms with Crippen LogP contribution in [0.25, 0.3) is 0 Å². The number of esters is 1. The van der Waals surface area contributed by atoms with Crippen molar-refractivity contribution in [2.45, 2.75) is 32.4 Å². The molecule has 0 spiro atoms. The SMILES string of the molecule is COC(=O)C1CCN1C(C)c1ccccc1C. The number of benzene rings is 1. The van der Waals surface area contributed by atoms with Crippen molar-refractivity contribution in [2.24, 2.45) is 0 Å². The van der Waals surface area contributed by atoms with Crippen LogP contribution >= 0.6 is 0 Å². The van der Waals surface area contributed by atoms with Crippen molar-refractivity contribution in [3.05, 3.63) is 35.4 Å². The molecule has 1 aromatic carbocycles. The Morgan fingerprint density at radius 2 is 2.18 bits per heavy atom. The molecule has 2 unspecified atom stereocenters. The normalized spacial score (nSPS) is 21.7. The predicted molar refractivity (Wildman–Crippen MR) is 66.7 cm³/mol. The van der Waals surface area contributed by atoms with Crippen molar-refractivity contribution in [1.82, 2.24) is 4.90 Å². The summed E-state index contributed by atoms with van der Waals surface area (Å²) in [7, 11) is 1.46. The molecule has 3 heteroatoms. The lowest BCUT2D eigenvalue weighted by Crippen LogP contribution is -2.53. The molecule has 92 valence electrons. The van der Waals surface area contributed by atoms with Crippen LogP contribution in [0.3, 0.4) is 0 Å². The van der Waals surface area contributed by atoms with Crippen LogP contribution in [-0.4, -0.2) is 30.6 Å². The van der Waals surface area contributed by atoms with E-state index in [0.717, 1.165) is 13.0 Å². The van der Waals surface area contributed by atoms with Crippen LogP contribution in [0.2, 0.25) is 0 Å². The minimum absolute atomic E-state index is 0.0605. The molecule has 1 aromatic rings. The van der Waals surface area contributed by atoms with E-state index in [2.05, 4.69) is 30.9 Å². The minimum atomic E-state index is -0.114. The van der Waals surface area contributed by atoms with E-state index in [-0.39, 0.29) is 18.1 Å². The molecule has 0 bridgehead atoms. The molecule has 1 heterocycles. The summed E-state index contributed by atoms with van der Waals surface area (Å²) in [6.45, 7) is 5.23. The van der Waals surface area contributed by atoms with E-state index in [1.165, 1.54) is 18.2 Å². The molecule has 2 atom stereocenters. The number of aryl methyl sites for hydroxylation is 1. The van der Waals surface area contributed by atoms with Crippen LogP contribution in [0.15, 0.2) is 24.3 Å². The first-order chi connectivity index (χ1) is 8.15. The van der Waals surface area contributed by atoms with Gasteiger partial charge in [0.25, 0.3) is 0 Å². The number of ether oxygens (including phenoxy) is 1. The summed E-state index contributed by atoms with van der Waals surface area (Å²) in [5, 5.41) is 0. The zero-order valence-corrected chi connectivity index (χ0v) is 10.6. The average Bonchev–Trinajstić information content (AvgIpc) is 2.27. The van der Waals surface area contributed by atoms with Crippen LogP contribution in [0.1, 0.15) is 30.5 Å². The molecule has 17 heavy (non-hydrogen) atoms. The van der Waals surface area contributed by atoms with E-state index in [0.29, 0.717) is 0 Å². The van der Waals surface area contributed by atoms with E-state index >= 15 is 0 Å². The first kappa shape index (κ1) is 12.1. The highest BCUT2D eigenvalue weighted by Crippen LogP contribution is 2.32. The summed E-state index contributed by atoms with van der Waals surface area (Å²) < 4.78 is 4.82. The number of hydrogen-bond donors (Lipinski definition) is 0. The molecule has 3 nitrogen and oxygen atoms in total. The van der Waals surface area contributed by atoms with E-state index in [1.54, 1.807) is 0 Å². The maximum absolute atomic E-state index is 11.6. The maximum atomic E-state index is 11.6. The summed E-state index contributed by atoms with van der Waals surface area (Å²) in [6, 6.07) is 8.54. The third kappa shape index (κ3) is 2.20. The van der Waals surface area contributed by atoms with Gasteiger partial charge in [0.15, 0.2) is 0 Å². The summed E-state index contributed by atoms with van der Waals surface area (Å²) in [6.07, 6.45) is 0.906. The number of likely N-dealkylation sites (tertiary alicyclic amines) is 1. The van der Waals surface area contributed by atoms with E-state index in [9.17, 15) is 4.79 Å². The zero-order chi connectivity index (χ0) is 12.4. The van der Waals surface area contributed by atoms with Crippen molar-refractivity contribution in [2.75, 3.05) is 13.7 Å². The Kier molecular flexibility index (Phi) is 3.48. The highest BCUT2D eigenvalue weighted by molar-refractivity contribution is 5.76. The van der Waals surface area contributed by atoms with Crippen LogP contribution in [0.5, 0.6) is 0 Å². The molecule has 0 radical (unpaired) electrons. The van der Waals surface area contributed by atoms with Gasteiger partial charge in [0.2, 0.25) is 0 Å². The summed E-state index contributed by atoms with van der Waals surface area (Å²) in [5.41, 5.74) is 2.57. The van der Waals surface area contributed by atoms with Crippen LogP contribution in [0, 0.1) is 6.92 Å². The van der Waals surface area contributed by atoms with Crippen LogP contribution in [0.4, 0.5) is 0 Å². The fourth-order valence-electron chi connectivity index (χ4n) is 2.49. The van der Waals surface area contributed by atoms with Gasteiger partial charge in [0, 0.05) is 12.6 Å².